The summed E-state index contributed by atoms with van der Waals surface area (Å²) in [5, 5.41) is 35.9. The Balaban J connectivity index is 0.775. The topological polar surface area (TPSA) is 147 Å². The minimum absolute atomic E-state index is 0.0900. The lowest BCUT2D eigenvalue weighted by Crippen LogP contribution is -2.53. The molecule has 3 N–H and O–H groups in total. The number of nitrogens with zero attached hydrogens (tertiary/aromatic N) is 8. The van der Waals surface area contributed by atoms with Crippen LogP contribution in [0.5, 0.6) is 11.6 Å². The van der Waals surface area contributed by atoms with Crippen LogP contribution in [-0.4, -0.2) is 155 Å². The number of aromatic nitrogens is 3. The van der Waals surface area contributed by atoms with E-state index in [4.69, 9.17) is 9.26 Å². The third-order valence-corrected chi connectivity index (χ3v) is 12.6. The molecule has 1 unspecified atom stereocenters. The van der Waals surface area contributed by atoms with Gasteiger partial charge >= 0.3 is 5.97 Å². The van der Waals surface area contributed by atoms with Gasteiger partial charge in [0.15, 0.2) is 11.6 Å². The first-order valence-corrected chi connectivity index (χ1v) is 20.6. The predicted octanol–water partition coefficient (Wildman–Crippen LogP) is 4.54. The minimum atomic E-state index is -0.907. The summed E-state index contributed by atoms with van der Waals surface area (Å²) < 4.78 is 11.1. The molecule has 0 bridgehead atoms. The number of phenolic OH excluding ortho intramolecular Hbond substituents is 1. The molecule has 0 spiro atoms. The smallest absolute Gasteiger partial charge is 0.314 e. The quantitative estimate of drug-likeness (QED) is 0.211. The molecule has 2 aromatic heterocycles. The number of carbonyl (C=O) groups is 1. The normalized spacial score (nSPS) is 21.3. The highest BCUT2D eigenvalue weighted by Gasteiger charge is 2.33. The first-order chi connectivity index (χ1) is 26.7. The number of ether oxygens (including phenoxy) is 1. The lowest BCUT2D eigenvalue weighted by atomic mass is 9.92. The molecule has 1 atom stereocenters. The number of hydrogen-bond acceptors (Lipinski definition) is 13. The number of phenols is 1. The van der Waals surface area contributed by atoms with Gasteiger partial charge in [0.25, 0.3) is 5.88 Å². The van der Waals surface area contributed by atoms with Crippen LogP contribution in [0.3, 0.4) is 0 Å². The summed E-state index contributed by atoms with van der Waals surface area (Å²) in [6.07, 6.45) is 7.55. The number of piperazine rings is 1. The highest BCUT2D eigenvalue weighted by molar-refractivity contribution is 5.76. The SMILES string of the molecule is CNc1nnc(-c2ccccc2O)cc1N1CCN(CC2CCN(C3CCN(C4CCN(CCOc5cc(C(C(=O)O)C(C)C)on5)CC4)CC3)CC2)CC1. The van der Waals surface area contributed by atoms with Crippen molar-refractivity contribution < 1.29 is 24.3 Å². The number of carboxylic acids is 1. The fourth-order valence-corrected chi connectivity index (χ4v) is 9.29. The molecule has 0 aliphatic carbocycles. The highest BCUT2D eigenvalue weighted by Crippen LogP contribution is 2.34. The molecule has 4 saturated heterocycles. The lowest BCUT2D eigenvalue weighted by Gasteiger charge is -2.46. The number of piperidine rings is 3. The molecule has 3 aromatic rings. The van der Waals surface area contributed by atoms with Gasteiger partial charge in [0.2, 0.25) is 0 Å². The van der Waals surface area contributed by atoms with E-state index >= 15 is 0 Å². The molecule has 0 amide bonds. The Kier molecular flexibility index (Phi) is 13.1. The van der Waals surface area contributed by atoms with E-state index in [1.165, 1.54) is 71.2 Å². The number of rotatable bonds is 14. The Labute approximate surface area is 325 Å². The van der Waals surface area contributed by atoms with Crippen LogP contribution in [0.1, 0.15) is 64.1 Å². The molecule has 4 aliphatic rings. The maximum absolute atomic E-state index is 11.6. The van der Waals surface area contributed by atoms with E-state index in [0.717, 1.165) is 69.3 Å². The summed E-state index contributed by atoms with van der Waals surface area (Å²) >= 11 is 0. The van der Waals surface area contributed by atoms with E-state index < -0.39 is 11.9 Å². The molecule has 14 nitrogen and oxygen atoms in total. The number of nitrogens with one attached hydrogen (secondary N) is 1. The average molecular weight is 760 g/mol. The first kappa shape index (κ1) is 39.3. The zero-order chi connectivity index (χ0) is 38.3. The van der Waals surface area contributed by atoms with Crippen molar-refractivity contribution in [3.63, 3.8) is 0 Å². The van der Waals surface area contributed by atoms with E-state index in [2.05, 4.69) is 51.2 Å². The monoisotopic (exact) mass is 759 g/mol. The van der Waals surface area contributed by atoms with Crippen molar-refractivity contribution in [3.8, 4) is 22.9 Å². The van der Waals surface area contributed by atoms with Gasteiger partial charge in [0.05, 0.1) is 11.4 Å². The zero-order valence-electron chi connectivity index (χ0n) is 33.0. The predicted molar refractivity (Wildman–Crippen MR) is 213 cm³/mol. The zero-order valence-corrected chi connectivity index (χ0v) is 33.0. The Morgan fingerprint density at radius 2 is 1.53 bits per heavy atom. The summed E-state index contributed by atoms with van der Waals surface area (Å²) in [6.45, 7) is 17.3. The largest absolute Gasteiger partial charge is 0.507 e. The summed E-state index contributed by atoms with van der Waals surface area (Å²) in [7, 11) is 1.89. The maximum Gasteiger partial charge on any atom is 0.314 e. The van der Waals surface area contributed by atoms with Crippen LogP contribution in [0, 0.1) is 11.8 Å². The summed E-state index contributed by atoms with van der Waals surface area (Å²) in [5.41, 5.74) is 2.43. The minimum Gasteiger partial charge on any atom is -0.507 e. The molecule has 55 heavy (non-hydrogen) atoms. The molecule has 4 fully saturated rings. The van der Waals surface area contributed by atoms with Gasteiger partial charge in [-0.1, -0.05) is 26.0 Å². The molecule has 0 radical (unpaired) electrons. The third kappa shape index (κ3) is 9.70. The number of likely N-dealkylation sites (tertiary alicyclic amines) is 3. The second-order valence-electron chi connectivity index (χ2n) is 16.3. The lowest BCUT2D eigenvalue weighted by molar-refractivity contribution is -0.140. The standard InChI is InChI=1S/C41H61N9O5/c1-29(2)39(41(52)53)37-27-38(45-55-37)54-25-24-46-14-10-31(11-15-46)49-18-12-32(13-19-49)48-16-8-30(9-17-48)28-47-20-22-50(23-21-47)35-26-34(43-44-40(35)42-3)33-6-4-5-7-36(33)51/h4-7,26-27,29-32,39,51H,8-25,28H2,1-3H3,(H,42,44)(H,52,53). The molecule has 300 valence electrons. The van der Waals surface area contributed by atoms with Crippen LogP contribution in [0.2, 0.25) is 0 Å². The second kappa shape index (κ2) is 18.3. The van der Waals surface area contributed by atoms with Gasteiger partial charge in [-0.2, -0.15) is 0 Å². The van der Waals surface area contributed by atoms with Crippen molar-refractivity contribution in [3.05, 3.63) is 42.2 Å². The fourth-order valence-electron chi connectivity index (χ4n) is 9.29. The number of aliphatic carboxylic acids is 1. The summed E-state index contributed by atoms with van der Waals surface area (Å²) in [4.78, 5) is 24.7. The Bertz CT molecular complexity index is 1670. The van der Waals surface area contributed by atoms with Gasteiger partial charge in [-0.25, -0.2) is 0 Å². The van der Waals surface area contributed by atoms with Crippen molar-refractivity contribution >= 4 is 17.5 Å². The molecule has 1 aromatic carbocycles. The van der Waals surface area contributed by atoms with Crippen LogP contribution in [0.25, 0.3) is 11.3 Å². The molecule has 4 aliphatic heterocycles. The van der Waals surface area contributed by atoms with Crippen LogP contribution in [-0.2, 0) is 4.79 Å². The van der Waals surface area contributed by atoms with E-state index in [0.29, 0.717) is 35.5 Å². The second-order valence-corrected chi connectivity index (χ2v) is 16.3. The molecule has 0 saturated carbocycles. The number of anilines is 2. The van der Waals surface area contributed by atoms with Crippen molar-refractivity contribution in [2.45, 2.75) is 70.4 Å². The number of para-hydroxylation sites is 1. The van der Waals surface area contributed by atoms with Gasteiger partial charge in [-0.15, -0.1) is 10.2 Å². The van der Waals surface area contributed by atoms with E-state index in [1.54, 1.807) is 12.1 Å². The molecular formula is C41H61N9O5. The number of benzene rings is 1. The third-order valence-electron chi connectivity index (χ3n) is 12.6. The van der Waals surface area contributed by atoms with Crippen LogP contribution < -0.4 is 15.0 Å². The average Bonchev–Trinajstić information content (AvgIpc) is 3.66. The number of carboxylic acid groups (broad SMARTS) is 1. The maximum atomic E-state index is 11.6. The van der Waals surface area contributed by atoms with Crippen molar-refractivity contribution in [2.24, 2.45) is 11.8 Å². The Hall–Kier alpha value is -3.98. The van der Waals surface area contributed by atoms with E-state index in [-0.39, 0.29) is 11.7 Å². The molecule has 7 rings (SSSR count). The first-order valence-electron chi connectivity index (χ1n) is 20.6. The van der Waals surface area contributed by atoms with Crippen molar-refractivity contribution in [2.75, 3.05) is 102 Å². The number of hydrogen-bond donors (Lipinski definition) is 3. The van der Waals surface area contributed by atoms with Crippen LogP contribution >= 0.6 is 0 Å². The van der Waals surface area contributed by atoms with Crippen LogP contribution in [0.4, 0.5) is 11.5 Å². The number of aromatic hydroxyl groups is 1. The molecule has 6 heterocycles. The van der Waals surface area contributed by atoms with E-state index in [9.17, 15) is 15.0 Å². The molecular weight excluding hydrogens is 699 g/mol. The fraction of sp³-hybridized carbons (Fsp3) is 0.659. The Morgan fingerprint density at radius 1 is 0.873 bits per heavy atom. The van der Waals surface area contributed by atoms with Gasteiger partial charge in [0, 0.05) is 70.0 Å². The molecule has 14 heteroatoms. The highest BCUT2D eigenvalue weighted by atomic mass is 16.5. The summed E-state index contributed by atoms with van der Waals surface area (Å²) in [6, 6.07) is 12.4. The van der Waals surface area contributed by atoms with Gasteiger partial charge in [0.1, 0.15) is 18.3 Å². The Morgan fingerprint density at radius 3 is 2.16 bits per heavy atom. The van der Waals surface area contributed by atoms with E-state index in [1.807, 2.05) is 39.1 Å². The van der Waals surface area contributed by atoms with Gasteiger partial charge < -0.3 is 39.5 Å². The van der Waals surface area contributed by atoms with Crippen molar-refractivity contribution in [1.82, 2.24) is 35.0 Å². The summed E-state index contributed by atoms with van der Waals surface area (Å²) in [5.74, 6) is 0.756. The van der Waals surface area contributed by atoms with Crippen LogP contribution in [0.15, 0.2) is 40.9 Å². The van der Waals surface area contributed by atoms with Gasteiger partial charge in [-0.3, -0.25) is 14.6 Å². The van der Waals surface area contributed by atoms with Crippen molar-refractivity contribution in [1.29, 1.82) is 0 Å². The van der Waals surface area contributed by atoms with Gasteiger partial charge in [-0.05, 0) is 113 Å².